The minimum absolute atomic E-state index is 0.287. The number of rotatable bonds is 4. The zero-order valence-corrected chi connectivity index (χ0v) is 9.77. The summed E-state index contributed by atoms with van der Waals surface area (Å²) in [6.45, 7) is 3.81. The molecular weight excluding hydrogens is 196 g/mol. The number of benzene rings is 1. The molecule has 0 radical (unpaired) electrons. The molecule has 0 aliphatic carbocycles. The van der Waals surface area contributed by atoms with E-state index in [9.17, 15) is 0 Å². The molecule has 0 unspecified atom stereocenters. The molecule has 1 heterocycles. The van der Waals surface area contributed by atoms with Gasteiger partial charge in [-0.15, -0.1) is 6.58 Å². The van der Waals surface area contributed by atoms with Crippen LogP contribution in [0.1, 0.15) is 31.2 Å². The topological polar surface area (TPSA) is 9.23 Å². The molecule has 0 saturated carbocycles. The summed E-state index contributed by atoms with van der Waals surface area (Å²) < 4.78 is 5.94. The van der Waals surface area contributed by atoms with Gasteiger partial charge in [0.15, 0.2) is 0 Å². The van der Waals surface area contributed by atoms with Gasteiger partial charge in [-0.25, -0.2) is 0 Å². The van der Waals surface area contributed by atoms with Crippen molar-refractivity contribution in [1.29, 1.82) is 0 Å². The van der Waals surface area contributed by atoms with Crippen molar-refractivity contribution in [1.82, 2.24) is 0 Å². The van der Waals surface area contributed by atoms with Gasteiger partial charge in [-0.2, -0.15) is 0 Å². The summed E-state index contributed by atoms with van der Waals surface area (Å²) in [6, 6.07) is 10.6. The molecule has 2 rings (SSSR count). The average molecular weight is 216 g/mol. The Balaban J connectivity index is 1.79. The first-order valence-corrected chi connectivity index (χ1v) is 6.20. The maximum absolute atomic E-state index is 5.94. The first kappa shape index (κ1) is 11.4. The summed E-state index contributed by atoms with van der Waals surface area (Å²) in [6.07, 6.45) is 8.53. The molecule has 0 amide bonds. The Kier molecular flexibility index (Phi) is 4.17. The maximum Gasteiger partial charge on any atom is 0.0757 e. The first-order valence-electron chi connectivity index (χ1n) is 6.20. The molecule has 1 aliphatic rings. The minimum Gasteiger partial charge on any atom is -0.371 e. The second kappa shape index (κ2) is 5.86. The number of ether oxygens (including phenoxy) is 1. The fraction of sp³-hybridized carbons (Fsp3) is 0.467. The van der Waals surface area contributed by atoms with Crippen LogP contribution in [0.25, 0.3) is 0 Å². The predicted molar refractivity (Wildman–Crippen MR) is 67.5 cm³/mol. The van der Waals surface area contributed by atoms with Crippen LogP contribution >= 0.6 is 0 Å². The van der Waals surface area contributed by atoms with Crippen LogP contribution in [0.2, 0.25) is 0 Å². The van der Waals surface area contributed by atoms with Crippen LogP contribution in [-0.2, 0) is 11.2 Å². The van der Waals surface area contributed by atoms with E-state index < -0.39 is 0 Å². The van der Waals surface area contributed by atoms with Crippen LogP contribution in [0.4, 0.5) is 0 Å². The molecule has 86 valence electrons. The number of hydrogen-bond acceptors (Lipinski definition) is 1. The lowest BCUT2D eigenvalue weighted by Crippen LogP contribution is -2.26. The van der Waals surface area contributed by atoms with E-state index in [-0.39, 0.29) is 6.10 Å². The highest BCUT2D eigenvalue weighted by atomic mass is 16.5. The van der Waals surface area contributed by atoms with E-state index in [1.165, 1.54) is 18.4 Å². The Morgan fingerprint density at radius 2 is 2.06 bits per heavy atom. The van der Waals surface area contributed by atoms with Crippen LogP contribution in [0.3, 0.4) is 0 Å². The third-order valence-electron chi connectivity index (χ3n) is 3.24. The van der Waals surface area contributed by atoms with E-state index in [2.05, 4.69) is 36.9 Å². The molecule has 0 spiro atoms. The third kappa shape index (κ3) is 3.21. The Bertz CT molecular complexity index is 317. The average Bonchev–Trinajstić information content (AvgIpc) is 2.38. The summed E-state index contributed by atoms with van der Waals surface area (Å²) >= 11 is 0. The standard InChI is InChI=1S/C15H20O/c1-2-14-9-6-10-15(16-14)12-11-13-7-4-3-5-8-13/h2-5,7-8,14-15H,1,6,9-12H2/t14-,15-/m1/s1. The summed E-state index contributed by atoms with van der Waals surface area (Å²) in [4.78, 5) is 0. The highest BCUT2D eigenvalue weighted by molar-refractivity contribution is 5.14. The zero-order chi connectivity index (χ0) is 11.2. The molecule has 2 atom stereocenters. The van der Waals surface area contributed by atoms with Crippen LogP contribution in [-0.4, -0.2) is 12.2 Å². The van der Waals surface area contributed by atoms with Crippen molar-refractivity contribution in [3.8, 4) is 0 Å². The fourth-order valence-corrected chi connectivity index (χ4v) is 2.29. The van der Waals surface area contributed by atoms with Crippen LogP contribution < -0.4 is 0 Å². The second-order valence-corrected chi connectivity index (χ2v) is 4.49. The van der Waals surface area contributed by atoms with E-state index in [0.717, 1.165) is 19.3 Å². The Morgan fingerprint density at radius 3 is 2.81 bits per heavy atom. The molecule has 1 aromatic carbocycles. The smallest absolute Gasteiger partial charge is 0.0757 e. The monoisotopic (exact) mass is 216 g/mol. The van der Waals surface area contributed by atoms with E-state index in [1.807, 2.05) is 6.08 Å². The number of hydrogen-bond donors (Lipinski definition) is 0. The van der Waals surface area contributed by atoms with Gasteiger partial charge in [0.1, 0.15) is 0 Å². The first-order chi connectivity index (χ1) is 7.88. The van der Waals surface area contributed by atoms with Crippen LogP contribution in [0.15, 0.2) is 43.0 Å². The molecule has 1 aliphatic heterocycles. The van der Waals surface area contributed by atoms with Crippen molar-refractivity contribution in [3.63, 3.8) is 0 Å². The lowest BCUT2D eigenvalue weighted by Gasteiger charge is -2.28. The molecule has 1 nitrogen and oxygen atoms in total. The lowest BCUT2D eigenvalue weighted by molar-refractivity contribution is -0.0284. The van der Waals surface area contributed by atoms with Crippen molar-refractivity contribution >= 4 is 0 Å². The molecular formula is C15H20O. The van der Waals surface area contributed by atoms with Crippen molar-refractivity contribution in [3.05, 3.63) is 48.6 Å². The zero-order valence-electron chi connectivity index (χ0n) is 9.77. The second-order valence-electron chi connectivity index (χ2n) is 4.49. The van der Waals surface area contributed by atoms with Gasteiger partial charge in [0.2, 0.25) is 0 Å². The Hall–Kier alpha value is -1.08. The van der Waals surface area contributed by atoms with Gasteiger partial charge in [0.25, 0.3) is 0 Å². The van der Waals surface area contributed by atoms with E-state index in [4.69, 9.17) is 4.74 Å². The molecule has 0 bridgehead atoms. The van der Waals surface area contributed by atoms with Gasteiger partial charge < -0.3 is 4.74 Å². The minimum atomic E-state index is 0.287. The Morgan fingerprint density at radius 1 is 1.25 bits per heavy atom. The highest BCUT2D eigenvalue weighted by Crippen LogP contribution is 2.22. The maximum atomic E-state index is 5.94. The van der Waals surface area contributed by atoms with Gasteiger partial charge in [0, 0.05) is 0 Å². The van der Waals surface area contributed by atoms with Crippen molar-refractivity contribution < 1.29 is 4.74 Å². The predicted octanol–water partition coefficient (Wildman–Crippen LogP) is 3.74. The molecule has 1 aromatic rings. The van der Waals surface area contributed by atoms with E-state index in [0.29, 0.717) is 6.10 Å². The Labute approximate surface area is 98.1 Å². The lowest BCUT2D eigenvalue weighted by atomic mass is 9.98. The largest absolute Gasteiger partial charge is 0.371 e. The summed E-state index contributed by atoms with van der Waals surface area (Å²) in [5.41, 5.74) is 1.41. The molecule has 0 N–H and O–H groups in total. The highest BCUT2D eigenvalue weighted by Gasteiger charge is 2.19. The van der Waals surface area contributed by atoms with Crippen LogP contribution in [0, 0.1) is 0 Å². The van der Waals surface area contributed by atoms with Gasteiger partial charge in [-0.3, -0.25) is 0 Å². The normalized spacial score (nSPS) is 25.2. The van der Waals surface area contributed by atoms with Crippen LogP contribution in [0.5, 0.6) is 0 Å². The molecule has 0 aromatic heterocycles. The molecule has 16 heavy (non-hydrogen) atoms. The van der Waals surface area contributed by atoms with Crippen molar-refractivity contribution in [2.24, 2.45) is 0 Å². The summed E-state index contributed by atoms with van der Waals surface area (Å²) in [5, 5.41) is 0. The third-order valence-corrected chi connectivity index (χ3v) is 3.24. The van der Waals surface area contributed by atoms with Gasteiger partial charge in [0.05, 0.1) is 12.2 Å². The summed E-state index contributed by atoms with van der Waals surface area (Å²) in [5.74, 6) is 0. The van der Waals surface area contributed by atoms with E-state index in [1.54, 1.807) is 0 Å². The fourth-order valence-electron chi connectivity index (χ4n) is 2.29. The quantitative estimate of drug-likeness (QED) is 0.697. The molecule has 1 heteroatoms. The SMILES string of the molecule is C=C[C@@H]1CCC[C@H](CCc2ccccc2)O1. The number of aryl methyl sites for hydroxylation is 1. The molecule has 1 saturated heterocycles. The van der Waals surface area contributed by atoms with Gasteiger partial charge in [-0.1, -0.05) is 36.4 Å². The van der Waals surface area contributed by atoms with Gasteiger partial charge >= 0.3 is 0 Å². The van der Waals surface area contributed by atoms with Crippen molar-refractivity contribution in [2.75, 3.05) is 0 Å². The molecule has 1 fully saturated rings. The van der Waals surface area contributed by atoms with Crippen molar-refractivity contribution in [2.45, 2.75) is 44.3 Å². The summed E-state index contributed by atoms with van der Waals surface area (Å²) in [7, 11) is 0. The van der Waals surface area contributed by atoms with Gasteiger partial charge in [-0.05, 0) is 37.7 Å². The van der Waals surface area contributed by atoms with E-state index >= 15 is 0 Å².